The van der Waals surface area contributed by atoms with Crippen LogP contribution in [-0.4, -0.2) is 41.9 Å². The van der Waals surface area contributed by atoms with Crippen LogP contribution in [0, 0.1) is 5.41 Å². The van der Waals surface area contributed by atoms with Crippen LogP contribution in [0.3, 0.4) is 0 Å². The summed E-state index contributed by atoms with van der Waals surface area (Å²) in [6.07, 6.45) is 4.98. The van der Waals surface area contributed by atoms with Crippen molar-refractivity contribution in [1.29, 1.82) is 0 Å². The number of piperidine rings is 1. The number of fused-ring (bicyclic) bond motifs is 3. The van der Waals surface area contributed by atoms with E-state index < -0.39 is 0 Å². The number of hydrogen-bond donors (Lipinski definition) is 1. The summed E-state index contributed by atoms with van der Waals surface area (Å²) in [5.74, 6) is 2.80. The second-order valence-corrected chi connectivity index (χ2v) is 9.82. The van der Waals surface area contributed by atoms with Crippen molar-refractivity contribution in [2.45, 2.75) is 45.3 Å². The van der Waals surface area contributed by atoms with Crippen molar-refractivity contribution in [3.63, 3.8) is 0 Å². The second-order valence-electron chi connectivity index (χ2n) is 8.71. The number of rotatable bonds is 5. The molecule has 0 radical (unpaired) electrons. The predicted octanol–water partition coefficient (Wildman–Crippen LogP) is 4.21. The lowest BCUT2D eigenvalue weighted by molar-refractivity contribution is 0.103. The van der Waals surface area contributed by atoms with Crippen molar-refractivity contribution >= 4 is 22.7 Å². The van der Waals surface area contributed by atoms with Gasteiger partial charge in [-0.25, -0.2) is 0 Å². The molecule has 1 aromatic heterocycles. The summed E-state index contributed by atoms with van der Waals surface area (Å²) in [4.78, 5) is 17.9. The Morgan fingerprint density at radius 1 is 1.19 bits per heavy atom. The first kappa shape index (κ1) is 18.9. The number of aromatic nitrogens is 1. The molecule has 4 rings (SSSR count). The number of nitrogens with zero attached hydrogens (tertiary/aromatic N) is 1. The van der Waals surface area contributed by atoms with Crippen LogP contribution in [-0.2, 0) is 12.2 Å². The van der Waals surface area contributed by atoms with Gasteiger partial charge in [0.25, 0.3) is 5.56 Å². The van der Waals surface area contributed by atoms with Crippen LogP contribution >= 0.6 is 11.8 Å². The fourth-order valence-electron chi connectivity index (χ4n) is 4.30. The number of pyridine rings is 1. The van der Waals surface area contributed by atoms with Crippen LogP contribution in [0.1, 0.15) is 44.2 Å². The van der Waals surface area contributed by atoms with E-state index in [1.54, 1.807) is 0 Å². The van der Waals surface area contributed by atoms with Gasteiger partial charge in [-0.2, -0.15) is 11.8 Å². The molecule has 1 N–H and O–H groups in total. The van der Waals surface area contributed by atoms with E-state index in [-0.39, 0.29) is 11.0 Å². The Balaban J connectivity index is 1.50. The maximum Gasteiger partial charge on any atom is 0.252 e. The maximum absolute atomic E-state index is 12.3. The highest BCUT2D eigenvalue weighted by Crippen LogP contribution is 2.30. The van der Waals surface area contributed by atoms with E-state index in [9.17, 15) is 4.79 Å². The molecule has 2 aliphatic rings. The highest BCUT2D eigenvalue weighted by atomic mass is 32.2. The summed E-state index contributed by atoms with van der Waals surface area (Å²) in [6, 6.07) is 6.10. The third-order valence-corrected chi connectivity index (χ3v) is 6.66. The van der Waals surface area contributed by atoms with Crippen molar-refractivity contribution in [2.24, 2.45) is 5.41 Å². The van der Waals surface area contributed by atoms with E-state index in [1.807, 2.05) is 23.9 Å². The van der Waals surface area contributed by atoms with Crippen molar-refractivity contribution in [2.75, 3.05) is 32.0 Å². The zero-order chi connectivity index (χ0) is 18.9. The Hall–Kier alpha value is -1.46. The summed E-state index contributed by atoms with van der Waals surface area (Å²) >= 11 is 1.84. The lowest BCUT2D eigenvalue weighted by atomic mass is 9.93. The largest absolute Gasteiger partial charge is 0.493 e. The van der Waals surface area contributed by atoms with Crippen molar-refractivity contribution < 1.29 is 4.74 Å². The van der Waals surface area contributed by atoms with Gasteiger partial charge in [0, 0.05) is 34.2 Å². The van der Waals surface area contributed by atoms with Gasteiger partial charge in [0.2, 0.25) is 0 Å². The fraction of sp³-hybridized carbons (Fsp3) is 0.591. The normalized spacial score (nSPS) is 18.4. The van der Waals surface area contributed by atoms with Gasteiger partial charge < -0.3 is 14.6 Å². The number of aromatic amines is 1. The Morgan fingerprint density at radius 2 is 2.00 bits per heavy atom. The number of likely N-dealkylation sites (tertiary alicyclic amines) is 1. The van der Waals surface area contributed by atoms with Crippen molar-refractivity contribution in [1.82, 2.24) is 9.88 Å². The predicted molar refractivity (Wildman–Crippen MR) is 114 cm³/mol. The highest BCUT2D eigenvalue weighted by molar-refractivity contribution is 7.98. The second kappa shape index (κ2) is 7.88. The molecule has 5 heteroatoms. The fourth-order valence-corrected chi connectivity index (χ4v) is 5.31. The quantitative estimate of drug-likeness (QED) is 0.836. The lowest BCUT2D eigenvalue weighted by Gasteiger charge is -2.34. The molecule has 27 heavy (non-hydrogen) atoms. The van der Waals surface area contributed by atoms with Crippen LogP contribution in [0.5, 0.6) is 5.75 Å². The van der Waals surface area contributed by atoms with Crippen LogP contribution in [0.2, 0.25) is 0 Å². The van der Waals surface area contributed by atoms with Gasteiger partial charge in [-0.05, 0) is 61.9 Å². The SMILES string of the molecule is CC(C)(COc1ccc2[nH]c(=O)c3c(c2c1)CCSC3)CN1CCCCC1. The van der Waals surface area contributed by atoms with Gasteiger partial charge in [-0.1, -0.05) is 20.3 Å². The Labute approximate surface area is 165 Å². The number of hydrogen-bond acceptors (Lipinski definition) is 4. The van der Waals surface area contributed by atoms with Gasteiger partial charge in [0.05, 0.1) is 6.61 Å². The average Bonchev–Trinajstić information content (AvgIpc) is 2.67. The van der Waals surface area contributed by atoms with E-state index in [1.165, 1.54) is 37.9 Å². The number of thioether (sulfide) groups is 1. The first-order chi connectivity index (χ1) is 13.0. The summed E-state index contributed by atoms with van der Waals surface area (Å²) < 4.78 is 6.22. The van der Waals surface area contributed by atoms with Gasteiger partial charge in [-0.15, -0.1) is 0 Å². The van der Waals surface area contributed by atoms with Crippen LogP contribution in [0.15, 0.2) is 23.0 Å². The molecule has 0 saturated carbocycles. The standard InChI is InChI=1S/C22H30N2O2S/c1-22(2,14-24-9-4-3-5-10-24)15-26-16-6-7-20-18(12-16)17-8-11-27-13-19(17)21(25)23-20/h6-7,12H,3-5,8-11,13-15H2,1-2H3,(H,23,25). The molecular formula is C22H30N2O2S. The summed E-state index contributed by atoms with van der Waals surface area (Å²) in [6.45, 7) is 8.81. The minimum absolute atomic E-state index is 0.0704. The summed E-state index contributed by atoms with van der Waals surface area (Å²) in [5.41, 5.74) is 3.27. The van der Waals surface area contributed by atoms with Crippen molar-refractivity contribution in [3.05, 3.63) is 39.7 Å². The molecule has 1 aromatic carbocycles. The maximum atomic E-state index is 12.3. The zero-order valence-corrected chi connectivity index (χ0v) is 17.3. The lowest BCUT2D eigenvalue weighted by Crippen LogP contribution is -2.40. The Kier molecular flexibility index (Phi) is 5.51. The number of H-pyrrole nitrogens is 1. The Morgan fingerprint density at radius 3 is 2.81 bits per heavy atom. The molecule has 3 heterocycles. The molecule has 0 bridgehead atoms. The molecule has 4 nitrogen and oxygen atoms in total. The van der Waals surface area contributed by atoms with Crippen LogP contribution in [0.4, 0.5) is 0 Å². The molecule has 146 valence electrons. The highest BCUT2D eigenvalue weighted by Gasteiger charge is 2.24. The van der Waals surface area contributed by atoms with Crippen LogP contribution in [0.25, 0.3) is 10.9 Å². The minimum Gasteiger partial charge on any atom is -0.493 e. The third-order valence-electron chi connectivity index (χ3n) is 5.68. The average molecular weight is 387 g/mol. The van der Waals surface area contributed by atoms with Gasteiger partial charge in [-0.3, -0.25) is 4.79 Å². The molecule has 0 atom stereocenters. The molecule has 0 aliphatic carbocycles. The number of nitrogens with one attached hydrogen (secondary N) is 1. The van der Waals surface area contributed by atoms with E-state index >= 15 is 0 Å². The third kappa shape index (κ3) is 4.35. The van der Waals surface area contributed by atoms with Gasteiger partial charge in [0.15, 0.2) is 0 Å². The van der Waals surface area contributed by atoms with E-state index in [0.717, 1.165) is 46.7 Å². The van der Waals surface area contributed by atoms with Crippen molar-refractivity contribution in [3.8, 4) is 5.75 Å². The number of ether oxygens (including phenoxy) is 1. The first-order valence-corrected chi connectivity index (χ1v) is 11.3. The molecule has 0 amide bonds. The molecule has 0 spiro atoms. The monoisotopic (exact) mass is 386 g/mol. The Bertz CT molecular complexity index is 868. The topological polar surface area (TPSA) is 45.3 Å². The molecule has 0 unspecified atom stereocenters. The van der Waals surface area contributed by atoms with Gasteiger partial charge >= 0.3 is 0 Å². The van der Waals surface area contributed by atoms with E-state index in [0.29, 0.717) is 6.61 Å². The van der Waals surface area contributed by atoms with Crippen LogP contribution < -0.4 is 10.3 Å². The summed E-state index contributed by atoms with van der Waals surface area (Å²) in [5, 5.41) is 1.15. The first-order valence-electron chi connectivity index (χ1n) is 10.1. The summed E-state index contributed by atoms with van der Waals surface area (Å²) in [7, 11) is 0. The molecular weight excluding hydrogens is 356 g/mol. The number of benzene rings is 1. The molecule has 1 fully saturated rings. The molecule has 2 aliphatic heterocycles. The zero-order valence-electron chi connectivity index (χ0n) is 16.5. The van der Waals surface area contributed by atoms with E-state index in [4.69, 9.17) is 4.74 Å². The minimum atomic E-state index is 0.0704. The smallest absolute Gasteiger partial charge is 0.252 e. The number of aryl methyl sites for hydroxylation is 1. The molecule has 1 saturated heterocycles. The van der Waals surface area contributed by atoms with E-state index in [2.05, 4.69) is 29.8 Å². The molecule has 2 aromatic rings. The van der Waals surface area contributed by atoms with Gasteiger partial charge in [0.1, 0.15) is 5.75 Å².